The van der Waals surface area contributed by atoms with Crippen molar-refractivity contribution in [2.45, 2.75) is 37.9 Å². The molecule has 0 fully saturated rings. The summed E-state index contributed by atoms with van der Waals surface area (Å²) in [7, 11) is 1.74. The molecule has 1 atom stereocenters. The molecular formula is C8H18OS. The summed E-state index contributed by atoms with van der Waals surface area (Å²) in [6, 6.07) is 0. The fourth-order valence-corrected chi connectivity index (χ4v) is 1.13. The van der Waals surface area contributed by atoms with Crippen LogP contribution in [-0.2, 0) is 4.74 Å². The third kappa shape index (κ3) is 6.43. The van der Waals surface area contributed by atoms with Crippen molar-refractivity contribution in [2.75, 3.05) is 13.7 Å². The maximum Gasteiger partial charge on any atom is 0.0472 e. The first-order valence-corrected chi connectivity index (χ1v) is 4.50. The van der Waals surface area contributed by atoms with Crippen molar-refractivity contribution in [3.63, 3.8) is 0 Å². The number of hydrogen-bond donors (Lipinski definition) is 1. The van der Waals surface area contributed by atoms with Crippen molar-refractivity contribution in [3.8, 4) is 0 Å². The third-order valence-corrected chi connectivity index (χ3v) is 2.06. The molecule has 0 unspecified atom stereocenters. The Labute approximate surface area is 69.6 Å². The maximum atomic E-state index is 4.94. The van der Waals surface area contributed by atoms with Crippen LogP contribution < -0.4 is 0 Å². The molecule has 0 N–H and O–H groups in total. The van der Waals surface area contributed by atoms with Crippen molar-refractivity contribution in [2.24, 2.45) is 0 Å². The molecule has 0 bridgehead atoms. The third-order valence-electron chi connectivity index (χ3n) is 1.55. The molecule has 10 heavy (non-hydrogen) atoms. The minimum absolute atomic E-state index is 0.542. The predicted molar refractivity (Wildman–Crippen MR) is 48.8 cm³/mol. The summed E-state index contributed by atoms with van der Waals surface area (Å²) in [5.74, 6) is 0. The van der Waals surface area contributed by atoms with Crippen LogP contribution >= 0.6 is 12.6 Å². The van der Waals surface area contributed by atoms with E-state index in [1.165, 1.54) is 19.3 Å². The van der Waals surface area contributed by atoms with E-state index >= 15 is 0 Å². The monoisotopic (exact) mass is 162 g/mol. The molecule has 0 aromatic rings. The molecule has 0 amide bonds. The lowest BCUT2D eigenvalue weighted by Crippen LogP contribution is -2.02. The first-order valence-electron chi connectivity index (χ1n) is 3.98. The highest BCUT2D eigenvalue weighted by molar-refractivity contribution is 7.80. The van der Waals surface area contributed by atoms with Crippen molar-refractivity contribution in [1.29, 1.82) is 0 Å². The fourth-order valence-electron chi connectivity index (χ4n) is 0.838. The molecule has 0 aliphatic carbocycles. The maximum absolute atomic E-state index is 4.94. The van der Waals surface area contributed by atoms with Crippen molar-refractivity contribution in [1.82, 2.24) is 0 Å². The van der Waals surface area contributed by atoms with Crippen LogP contribution in [0.3, 0.4) is 0 Å². The summed E-state index contributed by atoms with van der Waals surface area (Å²) in [5, 5.41) is 0.542. The van der Waals surface area contributed by atoms with Gasteiger partial charge in [-0.2, -0.15) is 12.6 Å². The van der Waals surface area contributed by atoms with Crippen LogP contribution in [0.2, 0.25) is 0 Å². The Morgan fingerprint density at radius 3 is 2.60 bits per heavy atom. The molecular weight excluding hydrogens is 144 g/mol. The Balaban J connectivity index is 3.00. The van der Waals surface area contributed by atoms with Crippen molar-refractivity contribution < 1.29 is 4.74 Å². The van der Waals surface area contributed by atoms with Gasteiger partial charge in [0, 0.05) is 19.0 Å². The van der Waals surface area contributed by atoms with Crippen LogP contribution in [0.5, 0.6) is 0 Å². The Bertz CT molecular complexity index is 58.3. The van der Waals surface area contributed by atoms with Crippen LogP contribution in [0.15, 0.2) is 0 Å². The normalized spacial score (nSPS) is 13.5. The second kappa shape index (κ2) is 7.42. The average Bonchev–Trinajstić information content (AvgIpc) is 1.97. The first-order chi connectivity index (χ1) is 4.81. The lowest BCUT2D eigenvalue weighted by atomic mass is 10.1. The number of rotatable bonds is 6. The molecule has 2 heteroatoms. The summed E-state index contributed by atoms with van der Waals surface area (Å²) in [6.07, 6.45) is 4.87. The topological polar surface area (TPSA) is 9.23 Å². The smallest absolute Gasteiger partial charge is 0.0472 e. The number of hydrogen-bond acceptors (Lipinski definition) is 2. The molecule has 0 saturated heterocycles. The standard InChI is InChI=1S/C8H18OS/c1-3-4-5-8(10)6-7-9-2/h8,10H,3-7H2,1-2H3/t8-/m0/s1. The van der Waals surface area contributed by atoms with E-state index in [-0.39, 0.29) is 0 Å². The molecule has 0 rings (SSSR count). The van der Waals surface area contributed by atoms with Crippen LogP contribution in [0.1, 0.15) is 32.6 Å². The molecule has 0 heterocycles. The molecule has 0 aliphatic rings. The summed E-state index contributed by atoms with van der Waals surface area (Å²) in [4.78, 5) is 0. The van der Waals surface area contributed by atoms with Crippen LogP contribution in [0.4, 0.5) is 0 Å². The Hall–Kier alpha value is 0.310. The van der Waals surface area contributed by atoms with E-state index in [0.717, 1.165) is 13.0 Å². The highest BCUT2D eigenvalue weighted by atomic mass is 32.1. The van der Waals surface area contributed by atoms with E-state index in [1.807, 2.05) is 0 Å². The Morgan fingerprint density at radius 1 is 1.40 bits per heavy atom. The summed E-state index contributed by atoms with van der Waals surface area (Å²) in [6.45, 7) is 3.05. The second-order valence-electron chi connectivity index (χ2n) is 2.58. The molecule has 0 spiro atoms. The zero-order chi connectivity index (χ0) is 7.82. The zero-order valence-electron chi connectivity index (χ0n) is 6.97. The lowest BCUT2D eigenvalue weighted by molar-refractivity contribution is 0.193. The van der Waals surface area contributed by atoms with Crippen molar-refractivity contribution in [3.05, 3.63) is 0 Å². The molecule has 0 radical (unpaired) electrons. The zero-order valence-corrected chi connectivity index (χ0v) is 7.86. The van der Waals surface area contributed by atoms with Crippen LogP contribution in [0, 0.1) is 0 Å². The van der Waals surface area contributed by atoms with Crippen LogP contribution in [0.25, 0.3) is 0 Å². The van der Waals surface area contributed by atoms with Gasteiger partial charge in [-0.1, -0.05) is 19.8 Å². The molecule has 0 saturated carbocycles. The first kappa shape index (κ1) is 10.3. The van der Waals surface area contributed by atoms with Crippen LogP contribution in [-0.4, -0.2) is 19.0 Å². The highest BCUT2D eigenvalue weighted by Crippen LogP contribution is 2.10. The van der Waals surface area contributed by atoms with Gasteiger partial charge in [0.2, 0.25) is 0 Å². The van der Waals surface area contributed by atoms with Gasteiger partial charge in [-0.05, 0) is 12.8 Å². The average molecular weight is 162 g/mol. The molecule has 0 aromatic carbocycles. The lowest BCUT2D eigenvalue weighted by Gasteiger charge is -2.07. The molecule has 1 nitrogen and oxygen atoms in total. The number of methoxy groups -OCH3 is 1. The molecule has 0 aliphatic heterocycles. The Morgan fingerprint density at radius 2 is 2.10 bits per heavy atom. The molecule has 0 aromatic heterocycles. The minimum atomic E-state index is 0.542. The highest BCUT2D eigenvalue weighted by Gasteiger charge is 2.00. The van der Waals surface area contributed by atoms with Gasteiger partial charge in [-0.25, -0.2) is 0 Å². The SMILES string of the molecule is CCCC[C@H](S)CCOC. The van der Waals surface area contributed by atoms with E-state index in [0.29, 0.717) is 5.25 Å². The summed E-state index contributed by atoms with van der Waals surface area (Å²) in [5.41, 5.74) is 0. The van der Waals surface area contributed by atoms with Gasteiger partial charge < -0.3 is 4.74 Å². The van der Waals surface area contributed by atoms with E-state index in [4.69, 9.17) is 4.74 Å². The second-order valence-corrected chi connectivity index (χ2v) is 3.31. The van der Waals surface area contributed by atoms with E-state index < -0.39 is 0 Å². The van der Waals surface area contributed by atoms with Gasteiger partial charge in [0.25, 0.3) is 0 Å². The van der Waals surface area contributed by atoms with E-state index in [9.17, 15) is 0 Å². The number of ether oxygens (including phenoxy) is 1. The van der Waals surface area contributed by atoms with Gasteiger partial charge in [0.1, 0.15) is 0 Å². The van der Waals surface area contributed by atoms with E-state index in [2.05, 4.69) is 19.6 Å². The minimum Gasteiger partial charge on any atom is -0.385 e. The Kier molecular flexibility index (Phi) is 7.65. The fraction of sp³-hybridized carbons (Fsp3) is 1.00. The van der Waals surface area contributed by atoms with Gasteiger partial charge in [-0.3, -0.25) is 0 Å². The predicted octanol–water partition coefficient (Wildman–Crippen LogP) is 2.51. The van der Waals surface area contributed by atoms with Gasteiger partial charge >= 0.3 is 0 Å². The van der Waals surface area contributed by atoms with Gasteiger partial charge in [-0.15, -0.1) is 0 Å². The quantitative estimate of drug-likeness (QED) is 0.590. The summed E-state index contributed by atoms with van der Waals surface area (Å²) < 4.78 is 4.94. The van der Waals surface area contributed by atoms with Gasteiger partial charge in [0.05, 0.1) is 0 Å². The number of unbranched alkanes of at least 4 members (excludes halogenated alkanes) is 1. The number of thiol groups is 1. The van der Waals surface area contributed by atoms with Crippen molar-refractivity contribution >= 4 is 12.6 Å². The summed E-state index contributed by atoms with van der Waals surface area (Å²) >= 11 is 4.42. The van der Waals surface area contributed by atoms with E-state index in [1.54, 1.807) is 7.11 Å². The molecule has 62 valence electrons. The largest absolute Gasteiger partial charge is 0.385 e. The van der Waals surface area contributed by atoms with Gasteiger partial charge in [0.15, 0.2) is 0 Å².